The average Bonchev–Trinajstić information content (AvgIpc) is 2.90. The van der Waals surface area contributed by atoms with Gasteiger partial charge in [0.1, 0.15) is 0 Å². The van der Waals surface area contributed by atoms with Gasteiger partial charge < -0.3 is 4.90 Å². The van der Waals surface area contributed by atoms with E-state index < -0.39 is 5.54 Å². The van der Waals surface area contributed by atoms with E-state index in [0.717, 1.165) is 31.7 Å². The van der Waals surface area contributed by atoms with Crippen molar-refractivity contribution in [2.75, 3.05) is 19.6 Å². The molecular formula is C16H23N5O. The maximum absolute atomic E-state index is 12.7. The lowest BCUT2D eigenvalue weighted by molar-refractivity contribution is -0.149. The molecule has 1 aliphatic heterocycles. The largest absolute Gasteiger partial charge is 0.340 e. The number of amides is 1. The quantitative estimate of drug-likeness (QED) is 0.860. The summed E-state index contributed by atoms with van der Waals surface area (Å²) in [6.45, 7) is 9.30. The number of aromatic nitrogens is 3. The first kappa shape index (κ1) is 15.0. The van der Waals surface area contributed by atoms with Crippen LogP contribution in [0.5, 0.6) is 0 Å². The molecule has 6 heteroatoms. The number of fused-ring (bicyclic) bond motifs is 1. The van der Waals surface area contributed by atoms with Gasteiger partial charge in [-0.2, -0.15) is 0 Å². The van der Waals surface area contributed by atoms with Gasteiger partial charge in [-0.3, -0.25) is 14.1 Å². The molecule has 6 nitrogen and oxygen atoms in total. The summed E-state index contributed by atoms with van der Waals surface area (Å²) < 4.78 is 1.91. The van der Waals surface area contributed by atoms with Crippen molar-refractivity contribution in [3.8, 4) is 0 Å². The van der Waals surface area contributed by atoms with Crippen molar-refractivity contribution in [3.63, 3.8) is 0 Å². The van der Waals surface area contributed by atoms with Gasteiger partial charge in [0.25, 0.3) is 0 Å². The summed E-state index contributed by atoms with van der Waals surface area (Å²) in [4.78, 5) is 25.6. The van der Waals surface area contributed by atoms with Crippen molar-refractivity contribution < 1.29 is 4.79 Å². The summed E-state index contributed by atoms with van der Waals surface area (Å²) in [6, 6.07) is 1.88. The Bertz CT molecular complexity index is 645. The van der Waals surface area contributed by atoms with Gasteiger partial charge in [0.2, 0.25) is 11.7 Å². The van der Waals surface area contributed by atoms with Gasteiger partial charge in [-0.1, -0.05) is 6.92 Å². The summed E-state index contributed by atoms with van der Waals surface area (Å²) in [5, 5.41) is 0. The van der Waals surface area contributed by atoms with E-state index in [9.17, 15) is 4.79 Å². The molecule has 1 amide bonds. The van der Waals surface area contributed by atoms with Crippen LogP contribution in [0, 0.1) is 0 Å². The molecule has 0 aliphatic carbocycles. The van der Waals surface area contributed by atoms with Crippen molar-refractivity contribution >= 4 is 11.7 Å². The van der Waals surface area contributed by atoms with Crippen LogP contribution in [0.25, 0.3) is 5.78 Å². The van der Waals surface area contributed by atoms with E-state index in [0.29, 0.717) is 12.3 Å². The summed E-state index contributed by atoms with van der Waals surface area (Å²) in [6.07, 6.45) is 6.67. The molecule has 3 rings (SSSR count). The standard InChI is InChI=1S/C16H23N5O/c1-4-7-19-9-10-21(16(2,3)14(19)22)12-13-11-20-8-5-6-17-15(20)18-13/h5-6,8,11H,4,7,9-10,12H2,1-3H3. The fourth-order valence-electron chi connectivity index (χ4n) is 3.06. The lowest BCUT2D eigenvalue weighted by Gasteiger charge is -2.45. The van der Waals surface area contributed by atoms with Crippen LogP contribution in [0.3, 0.4) is 0 Å². The number of imidazole rings is 1. The monoisotopic (exact) mass is 301 g/mol. The lowest BCUT2D eigenvalue weighted by atomic mass is 9.97. The molecule has 1 fully saturated rings. The molecule has 0 radical (unpaired) electrons. The van der Waals surface area contributed by atoms with Crippen LogP contribution in [-0.4, -0.2) is 55.2 Å². The predicted molar refractivity (Wildman–Crippen MR) is 84.3 cm³/mol. The van der Waals surface area contributed by atoms with E-state index >= 15 is 0 Å². The van der Waals surface area contributed by atoms with Crippen LogP contribution >= 0.6 is 0 Å². The van der Waals surface area contributed by atoms with E-state index in [1.165, 1.54) is 0 Å². The highest BCUT2D eigenvalue weighted by Gasteiger charge is 2.41. The Morgan fingerprint density at radius 3 is 2.86 bits per heavy atom. The van der Waals surface area contributed by atoms with Crippen LogP contribution in [0.1, 0.15) is 32.9 Å². The molecule has 0 unspecified atom stereocenters. The highest BCUT2D eigenvalue weighted by Crippen LogP contribution is 2.24. The van der Waals surface area contributed by atoms with Crippen LogP contribution < -0.4 is 0 Å². The third-order valence-electron chi connectivity index (χ3n) is 4.37. The van der Waals surface area contributed by atoms with E-state index in [1.807, 2.05) is 41.6 Å². The van der Waals surface area contributed by atoms with Gasteiger partial charge in [-0.05, 0) is 26.3 Å². The maximum Gasteiger partial charge on any atom is 0.242 e. The molecule has 0 bridgehead atoms. The van der Waals surface area contributed by atoms with Crippen LogP contribution in [0.2, 0.25) is 0 Å². The number of hydrogen-bond donors (Lipinski definition) is 0. The van der Waals surface area contributed by atoms with Gasteiger partial charge in [0, 0.05) is 44.8 Å². The second kappa shape index (κ2) is 5.68. The number of nitrogens with zero attached hydrogens (tertiary/aromatic N) is 5. The van der Waals surface area contributed by atoms with Gasteiger partial charge in [0.15, 0.2) is 0 Å². The van der Waals surface area contributed by atoms with E-state index in [-0.39, 0.29) is 5.91 Å². The molecular weight excluding hydrogens is 278 g/mol. The first-order chi connectivity index (χ1) is 10.5. The van der Waals surface area contributed by atoms with Crippen molar-refractivity contribution in [1.29, 1.82) is 0 Å². The third-order valence-corrected chi connectivity index (χ3v) is 4.37. The van der Waals surface area contributed by atoms with Gasteiger partial charge in [-0.15, -0.1) is 0 Å². The average molecular weight is 301 g/mol. The van der Waals surface area contributed by atoms with Crippen LogP contribution in [-0.2, 0) is 11.3 Å². The number of rotatable bonds is 4. The van der Waals surface area contributed by atoms with Crippen molar-refractivity contribution in [2.45, 2.75) is 39.3 Å². The van der Waals surface area contributed by atoms with Gasteiger partial charge in [-0.25, -0.2) is 9.97 Å². The zero-order chi connectivity index (χ0) is 15.7. The first-order valence-corrected chi connectivity index (χ1v) is 7.85. The summed E-state index contributed by atoms with van der Waals surface area (Å²) in [5.41, 5.74) is 0.458. The zero-order valence-electron chi connectivity index (χ0n) is 13.5. The van der Waals surface area contributed by atoms with E-state index in [4.69, 9.17) is 0 Å². The summed E-state index contributed by atoms with van der Waals surface area (Å²) >= 11 is 0. The summed E-state index contributed by atoms with van der Waals surface area (Å²) in [5.74, 6) is 0.911. The van der Waals surface area contributed by atoms with E-state index in [2.05, 4.69) is 21.8 Å². The molecule has 0 aromatic carbocycles. The topological polar surface area (TPSA) is 53.7 Å². The molecule has 1 saturated heterocycles. The second-order valence-corrected chi connectivity index (χ2v) is 6.33. The number of carbonyl (C=O) groups excluding carboxylic acids is 1. The molecule has 3 heterocycles. The van der Waals surface area contributed by atoms with Crippen molar-refractivity contribution in [2.24, 2.45) is 0 Å². The van der Waals surface area contributed by atoms with Crippen LogP contribution in [0.4, 0.5) is 0 Å². The lowest BCUT2D eigenvalue weighted by Crippen LogP contribution is -2.62. The Kier molecular flexibility index (Phi) is 3.87. The minimum atomic E-state index is -0.489. The molecule has 2 aromatic rings. The Labute approximate surface area is 130 Å². The molecule has 0 N–H and O–H groups in total. The number of piperazine rings is 1. The normalized spacial score (nSPS) is 19.0. The predicted octanol–water partition coefficient (Wildman–Crippen LogP) is 1.56. The van der Waals surface area contributed by atoms with Crippen molar-refractivity contribution in [3.05, 3.63) is 30.4 Å². The molecule has 0 spiro atoms. The molecule has 22 heavy (non-hydrogen) atoms. The zero-order valence-corrected chi connectivity index (χ0v) is 13.5. The van der Waals surface area contributed by atoms with Crippen molar-refractivity contribution in [1.82, 2.24) is 24.2 Å². The Balaban J connectivity index is 1.78. The summed E-state index contributed by atoms with van der Waals surface area (Å²) in [7, 11) is 0. The highest BCUT2D eigenvalue weighted by molar-refractivity contribution is 5.86. The fraction of sp³-hybridized carbons (Fsp3) is 0.562. The number of carbonyl (C=O) groups is 1. The molecule has 2 aromatic heterocycles. The Hall–Kier alpha value is -1.95. The minimum absolute atomic E-state index is 0.211. The van der Waals surface area contributed by atoms with Gasteiger partial charge in [0.05, 0.1) is 11.2 Å². The maximum atomic E-state index is 12.7. The smallest absolute Gasteiger partial charge is 0.242 e. The second-order valence-electron chi connectivity index (χ2n) is 6.33. The Morgan fingerprint density at radius 1 is 1.32 bits per heavy atom. The Morgan fingerprint density at radius 2 is 2.14 bits per heavy atom. The minimum Gasteiger partial charge on any atom is -0.340 e. The van der Waals surface area contributed by atoms with Crippen LogP contribution in [0.15, 0.2) is 24.7 Å². The molecule has 0 atom stereocenters. The van der Waals surface area contributed by atoms with Gasteiger partial charge >= 0.3 is 0 Å². The SMILES string of the molecule is CCCN1CCN(Cc2cn3cccnc3n2)C(C)(C)C1=O. The fourth-order valence-corrected chi connectivity index (χ4v) is 3.06. The highest BCUT2D eigenvalue weighted by atomic mass is 16.2. The van der Waals surface area contributed by atoms with E-state index in [1.54, 1.807) is 6.20 Å². The molecule has 0 saturated carbocycles. The molecule has 1 aliphatic rings. The number of hydrogen-bond acceptors (Lipinski definition) is 4. The third kappa shape index (κ3) is 2.59. The first-order valence-electron chi connectivity index (χ1n) is 7.85. The molecule has 118 valence electrons.